The lowest BCUT2D eigenvalue weighted by Gasteiger charge is -2.11. The van der Waals surface area contributed by atoms with E-state index in [0.29, 0.717) is 0 Å². The fourth-order valence-corrected chi connectivity index (χ4v) is 2.89. The Morgan fingerprint density at radius 3 is 2.61 bits per heavy atom. The number of rotatable bonds is 3. The number of hydrogen-bond donors (Lipinski definition) is 1. The van der Waals surface area contributed by atoms with Gasteiger partial charge in [-0.15, -0.1) is 0 Å². The highest BCUT2D eigenvalue weighted by Crippen LogP contribution is 2.44. The lowest BCUT2D eigenvalue weighted by molar-refractivity contribution is 0.224. The minimum Gasteiger partial charge on any atom is -0.384 e. The van der Waals surface area contributed by atoms with E-state index in [1.54, 1.807) is 0 Å². The molecule has 0 heterocycles. The first-order valence-electron chi connectivity index (χ1n) is 6.72. The van der Waals surface area contributed by atoms with E-state index < -0.39 is 6.10 Å². The summed E-state index contributed by atoms with van der Waals surface area (Å²) < 4.78 is 0. The number of aliphatic hydroxyl groups is 1. The summed E-state index contributed by atoms with van der Waals surface area (Å²) in [6, 6.07) is 14.6. The Morgan fingerprint density at radius 1 is 1.00 bits per heavy atom. The first kappa shape index (κ1) is 11.5. The van der Waals surface area contributed by atoms with Gasteiger partial charge in [-0.2, -0.15) is 0 Å². The highest BCUT2D eigenvalue weighted by atomic mass is 16.3. The van der Waals surface area contributed by atoms with Crippen molar-refractivity contribution in [2.24, 2.45) is 0 Å². The van der Waals surface area contributed by atoms with Crippen molar-refractivity contribution in [3.8, 4) is 11.1 Å². The monoisotopic (exact) mass is 238 g/mol. The molecular formula is C17H18O. The zero-order valence-electron chi connectivity index (χ0n) is 10.7. The Labute approximate surface area is 108 Å². The van der Waals surface area contributed by atoms with Crippen LogP contribution in [0.3, 0.4) is 0 Å². The number of benzene rings is 2. The van der Waals surface area contributed by atoms with Gasteiger partial charge >= 0.3 is 0 Å². The average molecular weight is 238 g/mol. The van der Waals surface area contributed by atoms with Gasteiger partial charge in [0.05, 0.1) is 0 Å². The van der Waals surface area contributed by atoms with Crippen molar-refractivity contribution in [1.82, 2.24) is 0 Å². The predicted octanol–water partition coefficient (Wildman–Crippen LogP) is 4.09. The highest BCUT2D eigenvalue weighted by Gasteiger charge is 2.28. The molecular weight excluding hydrogens is 220 g/mol. The molecule has 1 atom stereocenters. The van der Waals surface area contributed by atoms with E-state index in [1.807, 2.05) is 18.2 Å². The van der Waals surface area contributed by atoms with Gasteiger partial charge < -0.3 is 5.11 Å². The Hall–Kier alpha value is -1.60. The van der Waals surface area contributed by atoms with Gasteiger partial charge in [-0.3, -0.25) is 0 Å². The van der Waals surface area contributed by atoms with Crippen molar-refractivity contribution in [1.29, 1.82) is 0 Å². The van der Waals surface area contributed by atoms with E-state index in [2.05, 4.69) is 31.2 Å². The fourth-order valence-electron chi connectivity index (χ4n) is 2.89. The first-order chi connectivity index (χ1) is 8.83. The summed E-state index contributed by atoms with van der Waals surface area (Å²) in [5.41, 5.74) is 5.90. The SMILES string of the molecule is CCCCc1cccc2c1C(O)c1ccccc1-2. The number of hydrogen-bond acceptors (Lipinski definition) is 1. The minimum absolute atomic E-state index is 0.441. The molecule has 1 N–H and O–H groups in total. The van der Waals surface area contributed by atoms with Gasteiger partial charge in [0, 0.05) is 0 Å². The van der Waals surface area contributed by atoms with Gasteiger partial charge in [0.1, 0.15) is 6.10 Å². The average Bonchev–Trinajstić information content (AvgIpc) is 2.72. The van der Waals surface area contributed by atoms with Crippen molar-refractivity contribution in [2.75, 3.05) is 0 Å². The maximum Gasteiger partial charge on any atom is 0.106 e. The zero-order chi connectivity index (χ0) is 12.5. The van der Waals surface area contributed by atoms with Crippen molar-refractivity contribution in [3.05, 3.63) is 59.2 Å². The molecule has 3 rings (SSSR count). The van der Waals surface area contributed by atoms with Crippen LogP contribution in [-0.2, 0) is 6.42 Å². The van der Waals surface area contributed by atoms with Crippen LogP contribution in [-0.4, -0.2) is 5.11 Å². The highest BCUT2D eigenvalue weighted by molar-refractivity contribution is 5.79. The molecule has 0 amide bonds. The third-order valence-electron chi connectivity index (χ3n) is 3.82. The Balaban J connectivity index is 2.12. The molecule has 0 saturated carbocycles. The maximum atomic E-state index is 10.5. The lowest BCUT2D eigenvalue weighted by atomic mass is 9.96. The second-order valence-corrected chi connectivity index (χ2v) is 4.97. The fraction of sp³-hybridized carbons (Fsp3) is 0.294. The van der Waals surface area contributed by atoms with Gasteiger partial charge in [0.25, 0.3) is 0 Å². The first-order valence-corrected chi connectivity index (χ1v) is 6.72. The summed E-state index contributed by atoms with van der Waals surface area (Å²) in [6.07, 6.45) is 2.99. The molecule has 92 valence electrons. The standard InChI is InChI=1S/C17H18O/c1-2-3-7-12-8-6-11-14-13-9-4-5-10-15(13)17(18)16(12)14/h4-6,8-11,17-18H,2-3,7H2,1H3. The quantitative estimate of drug-likeness (QED) is 0.853. The van der Waals surface area contributed by atoms with Crippen molar-refractivity contribution >= 4 is 0 Å². The molecule has 1 nitrogen and oxygen atoms in total. The van der Waals surface area contributed by atoms with Crippen LogP contribution < -0.4 is 0 Å². The van der Waals surface area contributed by atoms with Crippen LogP contribution in [0.5, 0.6) is 0 Å². The van der Waals surface area contributed by atoms with Crippen LogP contribution in [0, 0.1) is 0 Å². The summed E-state index contributed by atoms with van der Waals surface area (Å²) in [5.74, 6) is 0. The van der Waals surface area contributed by atoms with E-state index in [-0.39, 0.29) is 0 Å². The Morgan fingerprint density at radius 2 is 1.78 bits per heavy atom. The van der Waals surface area contributed by atoms with Crippen LogP contribution in [0.15, 0.2) is 42.5 Å². The smallest absolute Gasteiger partial charge is 0.106 e. The Kier molecular flexibility index (Phi) is 2.92. The topological polar surface area (TPSA) is 20.2 Å². The molecule has 1 heteroatoms. The van der Waals surface area contributed by atoms with Gasteiger partial charge in [-0.1, -0.05) is 55.8 Å². The molecule has 0 bridgehead atoms. The minimum atomic E-state index is -0.441. The molecule has 2 aromatic rings. The molecule has 1 aliphatic rings. The van der Waals surface area contributed by atoms with E-state index in [1.165, 1.54) is 29.5 Å². The van der Waals surface area contributed by atoms with Crippen LogP contribution in [0.2, 0.25) is 0 Å². The van der Waals surface area contributed by atoms with Crippen LogP contribution >= 0.6 is 0 Å². The van der Waals surface area contributed by atoms with E-state index >= 15 is 0 Å². The molecule has 0 radical (unpaired) electrons. The number of aryl methyl sites for hydroxylation is 1. The summed E-state index contributed by atoms with van der Waals surface area (Å²) in [6.45, 7) is 2.20. The maximum absolute atomic E-state index is 10.5. The van der Waals surface area contributed by atoms with Crippen LogP contribution in [0.1, 0.15) is 42.6 Å². The van der Waals surface area contributed by atoms with Gasteiger partial charge in [0.2, 0.25) is 0 Å². The molecule has 0 saturated heterocycles. The number of fused-ring (bicyclic) bond motifs is 3. The second-order valence-electron chi connectivity index (χ2n) is 4.97. The van der Waals surface area contributed by atoms with Gasteiger partial charge in [0.15, 0.2) is 0 Å². The number of unbranched alkanes of at least 4 members (excludes halogenated alkanes) is 1. The molecule has 0 spiro atoms. The molecule has 2 aromatic carbocycles. The van der Waals surface area contributed by atoms with Crippen LogP contribution in [0.4, 0.5) is 0 Å². The van der Waals surface area contributed by atoms with Crippen molar-refractivity contribution < 1.29 is 5.11 Å². The summed E-state index contributed by atoms with van der Waals surface area (Å²) >= 11 is 0. The molecule has 1 unspecified atom stereocenters. The molecule has 18 heavy (non-hydrogen) atoms. The largest absolute Gasteiger partial charge is 0.384 e. The lowest BCUT2D eigenvalue weighted by Crippen LogP contribution is -1.99. The molecule has 0 fully saturated rings. The van der Waals surface area contributed by atoms with Crippen LogP contribution in [0.25, 0.3) is 11.1 Å². The van der Waals surface area contributed by atoms with E-state index in [0.717, 1.165) is 17.5 Å². The molecule has 0 aromatic heterocycles. The van der Waals surface area contributed by atoms with E-state index in [4.69, 9.17) is 0 Å². The van der Waals surface area contributed by atoms with Crippen molar-refractivity contribution in [3.63, 3.8) is 0 Å². The molecule has 0 aliphatic heterocycles. The number of aliphatic hydroxyl groups excluding tert-OH is 1. The second kappa shape index (κ2) is 4.58. The Bertz CT molecular complexity index is 572. The molecule has 1 aliphatic carbocycles. The third kappa shape index (κ3) is 1.67. The zero-order valence-corrected chi connectivity index (χ0v) is 10.7. The van der Waals surface area contributed by atoms with Gasteiger partial charge in [-0.05, 0) is 40.7 Å². The summed E-state index contributed by atoms with van der Waals surface area (Å²) in [7, 11) is 0. The van der Waals surface area contributed by atoms with E-state index in [9.17, 15) is 5.11 Å². The van der Waals surface area contributed by atoms with Gasteiger partial charge in [-0.25, -0.2) is 0 Å². The summed E-state index contributed by atoms with van der Waals surface area (Å²) in [4.78, 5) is 0. The van der Waals surface area contributed by atoms with Crippen molar-refractivity contribution in [2.45, 2.75) is 32.3 Å². The third-order valence-corrected chi connectivity index (χ3v) is 3.82. The normalized spacial score (nSPS) is 16.4. The predicted molar refractivity (Wildman–Crippen MR) is 74.6 cm³/mol. The summed E-state index contributed by atoms with van der Waals surface area (Å²) in [5, 5.41) is 10.5.